The van der Waals surface area contributed by atoms with Gasteiger partial charge in [0.15, 0.2) is 0 Å². The van der Waals surface area contributed by atoms with Gasteiger partial charge in [-0.3, -0.25) is 28.7 Å². The molecule has 2 fully saturated rings. The van der Waals surface area contributed by atoms with Crippen molar-refractivity contribution in [2.24, 2.45) is 15.1 Å². The number of carbonyl (C=O) groups is 2. The molecule has 41 heteroatoms. The van der Waals surface area contributed by atoms with Crippen LogP contribution in [0.4, 0.5) is 11.4 Å². The number of rotatable bonds is 36. The minimum absolute atomic E-state index is 0. The summed E-state index contributed by atoms with van der Waals surface area (Å²) in [6, 6.07) is 14.5. The molecule has 0 unspecified atom stereocenters. The fourth-order valence-corrected chi connectivity index (χ4v) is 9.69. The van der Waals surface area contributed by atoms with Gasteiger partial charge in [0.25, 0.3) is 0 Å². The second-order valence-corrected chi connectivity index (χ2v) is 22.4. The zero-order chi connectivity index (χ0) is 66.4. The molecule has 2 amide bonds. The monoisotopic (exact) mass is 1380 g/mol. The predicted octanol–water partition coefficient (Wildman–Crippen LogP) is -7.55. The number of nitrogens with one attached hydrogen (secondary N) is 2. The Morgan fingerprint density at radius 1 is 0.617 bits per heavy atom. The Morgan fingerprint density at radius 2 is 1.01 bits per heavy atom. The number of amides is 2. The first-order valence-corrected chi connectivity index (χ1v) is 30.6. The van der Waals surface area contributed by atoms with Crippen molar-refractivity contribution in [3.05, 3.63) is 118 Å². The maximum absolute atomic E-state index is 12.6. The van der Waals surface area contributed by atoms with Crippen LogP contribution in [0.15, 0.2) is 94.2 Å². The third-order valence-electron chi connectivity index (χ3n) is 13.2. The largest absolute Gasteiger partial charge is 1.00 e. The molecule has 2 aliphatic rings. The van der Waals surface area contributed by atoms with Crippen molar-refractivity contribution in [1.82, 2.24) is 30.0 Å². The van der Waals surface area contributed by atoms with Crippen molar-refractivity contribution in [2.75, 3.05) is 76.7 Å². The van der Waals surface area contributed by atoms with E-state index in [1.165, 1.54) is 48.5 Å². The minimum atomic E-state index is -4.90. The van der Waals surface area contributed by atoms with E-state index in [9.17, 15) is 57.1 Å². The van der Waals surface area contributed by atoms with Gasteiger partial charge in [-0.05, 0) is 84.3 Å². The van der Waals surface area contributed by atoms with E-state index in [1.54, 1.807) is 40.0 Å². The Kier molecular flexibility index (Phi) is 32.4. The van der Waals surface area contributed by atoms with Gasteiger partial charge in [0.05, 0.1) is 84.9 Å². The van der Waals surface area contributed by atoms with Crippen LogP contribution in [0.25, 0.3) is 10.4 Å². The molecule has 8 N–H and O–H groups in total. The maximum Gasteiger partial charge on any atom is 1.00 e. The quantitative estimate of drug-likeness (QED) is 0.00270. The summed E-state index contributed by atoms with van der Waals surface area (Å²) in [6.45, 7) is 1.64. The molecule has 94 heavy (non-hydrogen) atoms. The number of aromatic nitrogens is 6. The van der Waals surface area contributed by atoms with Crippen molar-refractivity contribution in [2.45, 2.75) is 108 Å². The van der Waals surface area contributed by atoms with Crippen molar-refractivity contribution < 1.29 is 172 Å². The molecule has 0 bridgehead atoms. The van der Waals surface area contributed by atoms with Gasteiger partial charge in [-0.1, -0.05) is 39.8 Å². The molecule has 4 heterocycles. The Morgan fingerprint density at radius 3 is 1.38 bits per heavy atom. The molecule has 3 aromatic carbocycles. The number of benzene rings is 3. The summed E-state index contributed by atoms with van der Waals surface area (Å²) in [7, 11) is -9.80. The van der Waals surface area contributed by atoms with Crippen LogP contribution >= 0.6 is 0 Å². The summed E-state index contributed by atoms with van der Waals surface area (Å²) in [5, 5.41) is 91.6. The first kappa shape index (κ1) is 78.8. The second kappa shape index (κ2) is 38.7. The molecule has 0 aliphatic carbocycles. The first-order chi connectivity index (χ1) is 43.9. The number of anilines is 2. The van der Waals surface area contributed by atoms with E-state index in [0.717, 1.165) is 13.8 Å². The summed E-state index contributed by atoms with van der Waals surface area (Å²) in [5.41, 5.74) is 12.0. The van der Waals surface area contributed by atoms with Gasteiger partial charge >= 0.3 is 79.9 Å². The minimum Gasteiger partial charge on any atom is -0.862 e. The van der Waals surface area contributed by atoms with E-state index in [-0.39, 0.29) is 132 Å². The predicted molar refractivity (Wildman–Crippen MR) is 309 cm³/mol. The number of hydrogen-bond donors (Lipinski definition) is 8. The zero-order valence-electron chi connectivity index (χ0n) is 51.2. The van der Waals surface area contributed by atoms with E-state index in [1.807, 2.05) is 0 Å². The van der Waals surface area contributed by atoms with Crippen LogP contribution in [0.3, 0.4) is 0 Å². The summed E-state index contributed by atoms with van der Waals surface area (Å²) < 4.78 is 120. The normalized spacial score (nSPS) is 21.7. The molecule has 2 saturated heterocycles. The van der Waals surface area contributed by atoms with Gasteiger partial charge in [0.2, 0.25) is 11.8 Å². The molecular weight excluding hydrogens is 1310 g/mol. The number of azide groups is 1. The summed E-state index contributed by atoms with van der Waals surface area (Å²) in [4.78, 5) is 35.7. The topological polar surface area (TPSA) is 521 Å². The van der Waals surface area contributed by atoms with Crippen LogP contribution in [-0.2, 0) is 100 Å². The number of hydrogen-bond acceptors (Lipinski definition) is 29. The Hall–Kier alpha value is -5.93. The van der Waals surface area contributed by atoms with Crippen molar-refractivity contribution >= 4 is 55.8 Å². The van der Waals surface area contributed by atoms with Gasteiger partial charge in [-0.15, -0.1) is 10.2 Å². The van der Waals surface area contributed by atoms with E-state index >= 15 is 0 Å². The van der Waals surface area contributed by atoms with E-state index in [0.29, 0.717) is 64.0 Å². The average Bonchev–Trinajstić information content (AvgIpc) is 1.36. The molecule has 502 valence electrons. The van der Waals surface area contributed by atoms with E-state index in [2.05, 4.69) is 59.6 Å². The molecular formula is C53H67N13Na2O24S2. The number of nitrogens with zero attached hydrogens (tertiary/aromatic N) is 11. The van der Waals surface area contributed by atoms with Crippen LogP contribution in [0.2, 0.25) is 0 Å². The van der Waals surface area contributed by atoms with Crippen molar-refractivity contribution in [3.8, 4) is 11.5 Å². The average molecular weight is 1380 g/mol. The third kappa shape index (κ3) is 26.2. The molecule has 2 aromatic heterocycles. The van der Waals surface area contributed by atoms with Crippen molar-refractivity contribution in [3.63, 3.8) is 0 Å². The van der Waals surface area contributed by atoms with E-state index < -0.39 is 119 Å². The van der Waals surface area contributed by atoms with Crippen LogP contribution < -0.4 is 89.4 Å². The fraction of sp³-hybridized carbons (Fsp3) is 0.509. The summed E-state index contributed by atoms with van der Waals surface area (Å²) in [5.74, 6) is -1.53. The van der Waals surface area contributed by atoms with Crippen LogP contribution in [0.1, 0.15) is 54.1 Å². The first-order valence-electron chi connectivity index (χ1n) is 27.9. The third-order valence-corrected chi connectivity index (χ3v) is 14.1. The molecule has 0 spiro atoms. The molecule has 0 saturated carbocycles. The Bertz CT molecular complexity index is 3330. The number of aliphatic hydroxyl groups excluding tert-OH is 4. The van der Waals surface area contributed by atoms with Crippen molar-refractivity contribution in [1.29, 1.82) is 0 Å². The van der Waals surface area contributed by atoms with Crippen LogP contribution in [0.5, 0.6) is 11.5 Å². The standard InChI is InChI=1S/C53H69N13O24S2.2Na/c1-31(67)56-46-50(73)48(71)42(27-87-91(75,76)77)89-52(46)34-3-7-36(8-4-34)58-44(69)29-83-17-15-81-13-11-65-23-38(60-63-65)25-85-40-19-33(22-55-62-54)20-41(21-40)86-26-39-24-66(64-61-39)12-14-82-16-18-84-30-45(70)59-37-9-5-35(6-10-37)53-47(57-32(2)68)51(74)49(72)43(90-53)28-88-92(78,79)80;;/h3-10,19-21,23-24,42-43,46-53,71-74H,11-18,22,25-30H2,1-2H3,(H,56,67)(H,57,68)(H,58,69)(H,59,70)(H,75,76,77)(H,78,79,80);;/q;2*+1/p-2/t42-,43-,46-,47-,48-,49-,50-,51-,52+,53+;;/m1../s1. The fourth-order valence-electron chi connectivity index (χ4n) is 9.08. The second-order valence-electron chi connectivity index (χ2n) is 20.2. The van der Waals surface area contributed by atoms with E-state index in [4.69, 9.17) is 52.5 Å². The summed E-state index contributed by atoms with van der Waals surface area (Å²) in [6.07, 6.45) is -8.57. The van der Waals surface area contributed by atoms with Crippen LogP contribution in [0, 0.1) is 0 Å². The summed E-state index contributed by atoms with van der Waals surface area (Å²) >= 11 is 0. The van der Waals surface area contributed by atoms with Crippen LogP contribution in [-0.4, -0.2) is 215 Å². The van der Waals surface area contributed by atoms with Gasteiger partial charge in [-0.25, -0.2) is 17.7 Å². The van der Waals surface area contributed by atoms with Gasteiger partial charge in [0.1, 0.15) is 110 Å². The number of aliphatic hydroxyl groups is 4. The van der Waals surface area contributed by atoms with Gasteiger partial charge in [0, 0.05) is 22.4 Å². The zero-order valence-corrected chi connectivity index (χ0v) is 56.8. The number of aliphatic imine (C=N–C) groups is 2. The van der Waals surface area contributed by atoms with Gasteiger partial charge < -0.3 is 79.2 Å². The van der Waals surface area contributed by atoms with Gasteiger partial charge in [-0.2, -0.15) is 16.8 Å². The number of ether oxygens (including phenoxy) is 8. The molecule has 37 nitrogen and oxygen atoms in total. The molecule has 0 radical (unpaired) electrons. The SMILES string of the molecule is CC([O-])=N[C@@H]1[C@@H](O)[C@H](O)[C@@H](COS(=O)(=O)O)O[C@H]1c1ccc(NC(=O)COCCOCCn2cc(COc3cc(CN=[N+]=[N-])cc(OCc4cn(CCOCCOCC(=O)Nc5ccc([C@@H]6O[C@H](COS(=O)(=O)O)[C@@H](O)[C@H](O)[C@H]6N=C(C)[O-])cc5)nn4)c3)nn2)cc1.[Na+].[Na+]. The molecule has 2 aliphatic heterocycles. The Labute approximate surface area is 581 Å². The Balaban J connectivity index is 0.00000800. The molecule has 10 atom stereocenters. The maximum atomic E-state index is 12.6. The number of carbonyl (C=O) groups excluding carboxylic acids is 2. The smallest absolute Gasteiger partial charge is 0.862 e. The molecule has 5 aromatic rings. The molecule has 7 rings (SSSR count).